The largest absolute Gasteiger partial charge is 0.483 e. The van der Waals surface area contributed by atoms with Crippen molar-refractivity contribution in [2.75, 3.05) is 33.4 Å². The average Bonchev–Trinajstić information content (AvgIpc) is 3.30. The zero-order chi connectivity index (χ0) is 20.7. The molecular formula is C18H29N5O5. The Kier molecular flexibility index (Phi) is 7.91. The first-order valence-corrected chi connectivity index (χ1v) is 9.50. The highest BCUT2D eigenvalue weighted by Gasteiger charge is 2.41. The third-order valence-electron chi connectivity index (χ3n) is 5.62. The fourth-order valence-electron chi connectivity index (χ4n) is 4.08. The molecule has 10 heteroatoms. The number of rotatable bonds is 5. The summed E-state index contributed by atoms with van der Waals surface area (Å²) >= 11 is 0. The van der Waals surface area contributed by atoms with Crippen molar-refractivity contribution in [3.8, 4) is 0 Å². The molecule has 1 aromatic rings. The van der Waals surface area contributed by atoms with Crippen molar-refractivity contribution < 1.29 is 24.2 Å². The Morgan fingerprint density at radius 1 is 1.36 bits per heavy atom. The van der Waals surface area contributed by atoms with E-state index in [2.05, 4.69) is 15.4 Å². The number of aromatic nitrogens is 3. The van der Waals surface area contributed by atoms with Gasteiger partial charge in [-0.2, -0.15) is 15.4 Å². The minimum atomic E-state index is -0.250. The quantitative estimate of drug-likeness (QED) is 0.697. The number of nitrogens with zero attached hydrogens (tertiary/aromatic N) is 4. The van der Waals surface area contributed by atoms with Crippen LogP contribution in [-0.4, -0.2) is 88.0 Å². The maximum Gasteiger partial charge on any atom is 0.290 e. The van der Waals surface area contributed by atoms with Crippen LogP contribution in [0.4, 0.5) is 0 Å². The standard InChI is InChI=1S/C17H27N5O3.CH2O2/c1-4-25-10-15(23)21(3)14-7-12-5-6-22(9-13(12)8-14)17(24)16-11(2)18-20-19-16;2-1-3/h12-14H,4-10H2,1-3H3,(H,18,19,20);1H,(H,2,3)/t12-,13-,14+;/m1./s1. The Balaban J connectivity index is 0.000000878. The Bertz CT molecular complexity index is 679. The van der Waals surface area contributed by atoms with Gasteiger partial charge in [-0.05, 0) is 44.9 Å². The van der Waals surface area contributed by atoms with Crippen LogP contribution in [0.1, 0.15) is 42.4 Å². The smallest absolute Gasteiger partial charge is 0.290 e. The predicted molar refractivity (Wildman–Crippen MR) is 99.6 cm³/mol. The van der Waals surface area contributed by atoms with E-state index in [-0.39, 0.29) is 30.9 Å². The monoisotopic (exact) mass is 395 g/mol. The number of carboxylic acid groups (broad SMARTS) is 1. The molecule has 0 radical (unpaired) electrons. The molecule has 1 aliphatic heterocycles. The van der Waals surface area contributed by atoms with Crippen LogP contribution in [0.5, 0.6) is 0 Å². The molecular weight excluding hydrogens is 366 g/mol. The van der Waals surface area contributed by atoms with Gasteiger partial charge in [-0.3, -0.25) is 14.4 Å². The first-order valence-electron chi connectivity index (χ1n) is 9.50. The normalized spacial score (nSPS) is 23.4. The summed E-state index contributed by atoms with van der Waals surface area (Å²) in [5.74, 6) is 1.01. The number of hydrogen-bond donors (Lipinski definition) is 2. The van der Waals surface area contributed by atoms with Gasteiger partial charge in [-0.25, -0.2) is 0 Å². The van der Waals surface area contributed by atoms with E-state index in [1.54, 1.807) is 6.92 Å². The van der Waals surface area contributed by atoms with Gasteiger partial charge in [-0.15, -0.1) is 0 Å². The van der Waals surface area contributed by atoms with Crippen molar-refractivity contribution in [2.24, 2.45) is 11.8 Å². The number of aromatic amines is 1. The molecule has 0 bridgehead atoms. The lowest BCUT2D eigenvalue weighted by atomic mass is 9.88. The van der Waals surface area contributed by atoms with Crippen LogP contribution in [0.3, 0.4) is 0 Å². The van der Waals surface area contributed by atoms with E-state index in [9.17, 15) is 9.59 Å². The van der Waals surface area contributed by atoms with Crippen molar-refractivity contribution >= 4 is 18.3 Å². The number of likely N-dealkylation sites (N-methyl/N-ethyl adjacent to an activating group) is 1. The van der Waals surface area contributed by atoms with E-state index in [1.165, 1.54) is 0 Å². The second-order valence-electron chi connectivity index (χ2n) is 7.19. The molecule has 2 fully saturated rings. The van der Waals surface area contributed by atoms with Crippen LogP contribution in [0.25, 0.3) is 0 Å². The van der Waals surface area contributed by atoms with Gasteiger partial charge in [0.25, 0.3) is 12.4 Å². The van der Waals surface area contributed by atoms with Gasteiger partial charge in [-0.1, -0.05) is 0 Å². The molecule has 28 heavy (non-hydrogen) atoms. The summed E-state index contributed by atoms with van der Waals surface area (Å²) in [6, 6.07) is 0.242. The molecule has 0 spiro atoms. The van der Waals surface area contributed by atoms with Crippen LogP contribution >= 0.6 is 0 Å². The van der Waals surface area contributed by atoms with Gasteiger partial charge >= 0.3 is 0 Å². The number of H-pyrrole nitrogens is 1. The van der Waals surface area contributed by atoms with Crippen molar-refractivity contribution in [3.05, 3.63) is 11.4 Å². The van der Waals surface area contributed by atoms with Crippen molar-refractivity contribution in [2.45, 2.75) is 39.2 Å². The maximum absolute atomic E-state index is 12.6. The molecule has 1 aromatic heterocycles. The zero-order valence-electron chi connectivity index (χ0n) is 16.6. The van der Waals surface area contributed by atoms with Crippen LogP contribution in [0, 0.1) is 18.8 Å². The van der Waals surface area contributed by atoms with Gasteiger partial charge in [0, 0.05) is 32.8 Å². The molecule has 1 saturated heterocycles. The fraction of sp³-hybridized carbons (Fsp3) is 0.722. The van der Waals surface area contributed by atoms with Crippen molar-refractivity contribution in [3.63, 3.8) is 0 Å². The lowest BCUT2D eigenvalue weighted by molar-refractivity contribution is -0.136. The van der Waals surface area contributed by atoms with E-state index < -0.39 is 0 Å². The Morgan fingerprint density at radius 3 is 2.64 bits per heavy atom. The molecule has 0 unspecified atom stereocenters. The average molecular weight is 395 g/mol. The molecule has 10 nitrogen and oxygen atoms in total. The highest BCUT2D eigenvalue weighted by Crippen LogP contribution is 2.40. The van der Waals surface area contributed by atoms with E-state index in [0.717, 1.165) is 32.4 Å². The zero-order valence-corrected chi connectivity index (χ0v) is 16.6. The number of hydrogen-bond acceptors (Lipinski definition) is 6. The van der Waals surface area contributed by atoms with Gasteiger partial charge < -0.3 is 19.6 Å². The number of nitrogens with one attached hydrogen (secondary N) is 1. The highest BCUT2D eigenvalue weighted by atomic mass is 16.5. The number of amides is 2. The number of aryl methyl sites for hydroxylation is 1. The Morgan fingerprint density at radius 2 is 2.04 bits per heavy atom. The first kappa shape index (κ1) is 21.8. The van der Waals surface area contributed by atoms with Gasteiger partial charge in [0.2, 0.25) is 5.91 Å². The molecule has 0 aromatic carbocycles. The second-order valence-corrected chi connectivity index (χ2v) is 7.19. The summed E-state index contributed by atoms with van der Waals surface area (Å²) in [5, 5.41) is 17.3. The van der Waals surface area contributed by atoms with E-state index in [1.807, 2.05) is 23.8 Å². The summed E-state index contributed by atoms with van der Waals surface area (Å²) in [6.45, 7) is 5.60. The molecule has 2 N–H and O–H groups in total. The van der Waals surface area contributed by atoms with Crippen molar-refractivity contribution in [1.29, 1.82) is 0 Å². The summed E-state index contributed by atoms with van der Waals surface area (Å²) in [5.41, 5.74) is 1.05. The molecule has 3 rings (SSSR count). The minimum Gasteiger partial charge on any atom is -0.483 e. The number of ether oxygens (including phenoxy) is 1. The van der Waals surface area contributed by atoms with Crippen LogP contribution in [0.2, 0.25) is 0 Å². The summed E-state index contributed by atoms with van der Waals surface area (Å²) < 4.78 is 5.24. The van der Waals surface area contributed by atoms with Crippen molar-refractivity contribution in [1.82, 2.24) is 25.2 Å². The predicted octanol–water partition coefficient (Wildman–Crippen LogP) is 0.550. The number of fused-ring (bicyclic) bond motifs is 1. The van der Waals surface area contributed by atoms with Gasteiger partial charge in [0.05, 0.1) is 5.69 Å². The third-order valence-corrected chi connectivity index (χ3v) is 5.62. The van der Waals surface area contributed by atoms with Gasteiger partial charge in [0.15, 0.2) is 5.69 Å². The van der Waals surface area contributed by atoms with E-state index in [0.29, 0.717) is 29.8 Å². The van der Waals surface area contributed by atoms with Crippen LogP contribution in [-0.2, 0) is 14.3 Å². The van der Waals surface area contributed by atoms with Gasteiger partial charge in [0.1, 0.15) is 6.61 Å². The second kappa shape index (κ2) is 10.2. The fourth-order valence-corrected chi connectivity index (χ4v) is 4.08. The maximum atomic E-state index is 12.6. The SMILES string of the molecule is CCOCC(=O)N(C)[C@H]1C[C@H]2CCN(C(=O)c3n[nH]nc3C)C[C@H]2C1.O=CO. The topological polar surface area (TPSA) is 129 Å². The minimum absolute atomic E-state index is 0.0386. The lowest BCUT2D eigenvalue weighted by Crippen LogP contribution is -2.42. The number of likely N-dealkylation sites (tertiary alicyclic amines) is 1. The first-order chi connectivity index (χ1) is 13.4. The molecule has 2 aliphatic rings. The number of carbonyl (C=O) groups excluding carboxylic acids is 2. The molecule has 1 aliphatic carbocycles. The summed E-state index contributed by atoms with van der Waals surface area (Å²) in [6.07, 6.45) is 2.95. The van der Waals surface area contributed by atoms with Crippen LogP contribution < -0.4 is 0 Å². The Labute approximate surface area is 164 Å². The molecule has 156 valence electrons. The third kappa shape index (κ3) is 5.06. The summed E-state index contributed by atoms with van der Waals surface area (Å²) in [4.78, 5) is 36.9. The van der Waals surface area contributed by atoms with E-state index in [4.69, 9.17) is 14.6 Å². The molecule has 2 heterocycles. The molecule has 3 atom stereocenters. The highest BCUT2D eigenvalue weighted by molar-refractivity contribution is 5.93. The molecule has 2 amide bonds. The summed E-state index contributed by atoms with van der Waals surface area (Å²) in [7, 11) is 1.87. The number of carbonyl (C=O) groups is 3. The molecule has 1 saturated carbocycles. The number of piperidine rings is 1. The van der Waals surface area contributed by atoms with Crippen LogP contribution in [0.15, 0.2) is 0 Å². The van der Waals surface area contributed by atoms with E-state index >= 15 is 0 Å². The Hall–Kier alpha value is -2.49. The lowest BCUT2D eigenvalue weighted by Gasteiger charge is -2.34.